The molecule has 2 aromatic heterocycles. The van der Waals surface area contributed by atoms with E-state index in [-0.39, 0.29) is 5.56 Å². The summed E-state index contributed by atoms with van der Waals surface area (Å²) >= 11 is 5.72. The monoisotopic (exact) mass is 315 g/mol. The molecule has 112 valence electrons. The Kier molecular flexibility index (Phi) is 3.68. The lowest BCUT2D eigenvalue weighted by Gasteiger charge is -2.07. The highest BCUT2D eigenvalue weighted by Gasteiger charge is 2.16. The summed E-state index contributed by atoms with van der Waals surface area (Å²) in [6.45, 7) is 1.87. The zero-order valence-electron chi connectivity index (χ0n) is 12.1. The Balaban J connectivity index is 2.07. The lowest BCUT2D eigenvalue weighted by Crippen LogP contribution is -2.20. The van der Waals surface area contributed by atoms with Crippen LogP contribution in [0.4, 0.5) is 11.5 Å². The fraction of sp³-hybridized carbons (Fsp3) is 0.133. The zero-order chi connectivity index (χ0) is 15.7. The van der Waals surface area contributed by atoms with Crippen LogP contribution in [0.25, 0.3) is 5.69 Å². The average molecular weight is 316 g/mol. The Labute approximate surface area is 132 Å². The molecule has 0 unspecified atom stereocenters. The van der Waals surface area contributed by atoms with E-state index in [1.165, 1.54) is 0 Å². The van der Waals surface area contributed by atoms with Gasteiger partial charge in [0.05, 0.1) is 11.4 Å². The molecular weight excluding hydrogens is 302 g/mol. The lowest BCUT2D eigenvalue weighted by atomic mass is 10.3. The number of hydrogen-bond acceptors (Lipinski definition) is 4. The molecule has 3 aromatic rings. The molecule has 7 heteroatoms. The van der Waals surface area contributed by atoms with Crippen molar-refractivity contribution in [2.45, 2.75) is 6.92 Å². The van der Waals surface area contributed by atoms with E-state index in [4.69, 9.17) is 11.6 Å². The van der Waals surface area contributed by atoms with Crippen LogP contribution in [-0.2, 0) is 7.05 Å². The van der Waals surface area contributed by atoms with Gasteiger partial charge in [0, 0.05) is 7.05 Å². The maximum Gasteiger partial charge on any atom is 0.295 e. The number of anilines is 2. The second-order valence-electron chi connectivity index (χ2n) is 4.80. The molecule has 2 heterocycles. The SMILES string of the molecule is Cc1c(Nc2ccc(Cl)nn2)c(=O)n(-c2ccccc2)n1C. The predicted octanol–water partition coefficient (Wildman–Crippen LogP) is 2.67. The van der Waals surface area contributed by atoms with Gasteiger partial charge in [-0.15, -0.1) is 10.2 Å². The van der Waals surface area contributed by atoms with Gasteiger partial charge in [-0.2, -0.15) is 0 Å². The van der Waals surface area contributed by atoms with Gasteiger partial charge in [0.2, 0.25) is 0 Å². The standard InChI is InChI=1S/C15H14ClN5O/c1-10-14(17-13-9-8-12(16)18-19-13)15(22)21(20(10)2)11-6-4-3-5-7-11/h3-9H,1-2H3,(H,17,19). The van der Waals surface area contributed by atoms with Gasteiger partial charge in [-0.05, 0) is 31.2 Å². The Morgan fingerprint density at radius 3 is 2.45 bits per heavy atom. The molecule has 0 aliphatic rings. The molecule has 0 bridgehead atoms. The first kappa shape index (κ1) is 14.3. The van der Waals surface area contributed by atoms with Crippen LogP contribution in [0.3, 0.4) is 0 Å². The fourth-order valence-corrected chi connectivity index (χ4v) is 2.32. The molecule has 0 amide bonds. The highest BCUT2D eigenvalue weighted by Crippen LogP contribution is 2.18. The number of nitrogens with zero attached hydrogens (tertiary/aromatic N) is 4. The van der Waals surface area contributed by atoms with E-state index < -0.39 is 0 Å². The summed E-state index contributed by atoms with van der Waals surface area (Å²) in [5, 5.41) is 11.0. The third-order valence-corrected chi connectivity index (χ3v) is 3.64. The average Bonchev–Trinajstić information content (AvgIpc) is 2.74. The van der Waals surface area contributed by atoms with Crippen molar-refractivity contribution in [3.05, 3.63) is 63.7 Å². The van der Waals surface area contributed by atoms with Crippen LogP contribution in [-0.4, -0.2) is 19.6 Å². The molecule has 0 radical (unpaired) electrons. The zero-order valence-corrected chi connectivity index (χ0v) is 12.9. The first-order chi connectivity index (χ1) is 10.6. The van der Waals surface area contributed by atoms with Crippen molar-refractivity contribution < 1.29 is 0 Å². The maximum absolute atomic E-state index is 12.7. The molecule has 6 nitrogen and oxygen atoms in total. The van der Waals surface area contributed by atoms with Crippen LogP contribution in [0, 0.1) is 6.92 Å². The van der Waals surface area contributed by atoms with Crippen molar-refractivity contribution >= 4 is 23.1 Å². The first-order valence-electron chi connectivity index (χ1n) is 6.68. The van der Waals surface area contributed by atoms with Gasteiger partial charge in [-0.1, -0.05) is 29.8 Å². The van der Waals surface area contributed by atoms with E-state index in [0.29, 0.717) is 16.7 Å². The highest BCUT2D eigenvalue weighted by atomic mass is 35.5. The smallest absolute Gasteiger partial charge is 0.295 e. The fourth-order valence-electron chi connectivity index (χ4n) is 2.22. The summed E-state index contributed by atoms with van der Waals surface area (Å²) < 4.78 is 3.39. The Morgan fingerprint density at radius 2 is 1.82 bits per heavy atom. The van der Waals surface area contributed by atoms with Crippen molar-refractivity contribution in [2.75, 3.05) is 5.32 Å². The summed E-state index contributed by atoms with van der Waals surface area (Å²) in [6.07, 6.45) is 0. The van der Waals surface area contributed by atoms with Crippen LogP contribution in [0.1, 0.15) is 5.69 Å². The summed E-state index contributed by atoms with van der Waals surface area (Å²) in [4.78, 5) is 12.7. The molecule has 0 aliphatic heterocycles. The molecule has 1 N–H and O–H groups in total. The van der Waals surface area contributed by atoms with Crippen LogP contribution in [0.5, 0.6) is 0 Å². The summed E-state index contributed by atoms with van der Waals surface area (Å²) in [7, 11) is 1.84. The quantitative estimate of drug-likeness (QED) is 0.807. The van der Waals surface area contributed by atoms with Crippen LogP contribution in [0.15, 0.2) is 47.3 Å². The summed E-state index contributed by atoms with van der Waals surface area (Å²) in [5.74, 6) is 0.468. The van der Waals surface area contributed by atoms with Crippen molar-refractivity contribution in [1.82, 2.24) is 19.6 Å². The van der Waals surface area contributed by atoms with Crippen molar-refractivity contribution in [2.24, 2.45) is 7.05 Å². The number of benzene rings is 1. The van der Waals surface area contributed by atoms with Gasteiger partial charge >= 0.3 is 0 Å². The van der Waals surface area contributed by atoms with E-state index in [1.807, 2.05) is 44.3 Å². The minimum Gasteiger partial charge on any atom is -0.333 e. The predicted molar refractivity (Wildman–Crippen MR) is 86.1 cm³/mol. The molecule has 1 aromatic carbocycles. The van der Waals surface area contributed by atoms with E-state index in [9.17, 15) is 4.79 Å². The highest BCUT2D eigenvalue weighted by molar-refractivity contribution is 6.29. The maximum atomic E-state index is 12.7. The molecule has 0 atom stereocenters. The summed E-state index contributed by atoms with van der Waals surface area (Å²) in [6, 6.07) is 12.7. The van der Waals surface area contributed by atoms with Crippen molar-refractivity contribution in [3.8, 4) is 5.69 Å². The third-order valence-electron chi connectivity index (χ3n) is 3.44. The number of rotatable bonds is 3. The molecule has 22 heavy (non-hydrogen) atoms. The number of nitrogens with one attached hydrogen (secondary N) is 1. The topological polar surface area (TPSA) is 64.7 Å². The molecule has 0 fully saturated rings. The Bertz CT molecular complexity index is 852. The number of halogens is 1. The number of aromatic nitrogens is 4. The van der Waals surface area contributed by atoms with Gasteiger partial charge in [-0.3, -0.25) is 9.48 Å². The van der Waals surface area contributed by atoms with Gasteiger partial charge in [0.25, 0.3) is 5.56 Å². The molecule has 0 spiro atoms. The molecule has 3 rings (SSSR count). The molecular formula is C15H14ClN5O. The Hall–Kier alpha value is -2.60. The molecule has 0 saturated heterocycles. The van der Waals surface area contributed by atoms with Gasteiger partial charge in [0.15, 0.2) is 11.0 Å². The number of para-hydroxylation sites is 1. The second kappa shape index (κ2) is 5.65. The van der Waals surface area contributed by atoms with Crippen LogP contribution < -0.4 is 10.9 Å². The molecule has 0 aliphatic carbocycles. The van der Waals surface area contributed by atoms with Crippen LogP contribution in [0.2, 0.25) is 5.15 Å². The first-order valence-corrected chi connectivity index (χ1v) is 7.06. The van der Waals surface area contributed by atoms with Gasteiger partial charge < -0.3 is 5.32 Å². The summed E-state index contributed by atoms with van der Waals surface area (Å²) in [5.41, 5.74) is 1.91. The van der Waals surface area contributed by atoms with E-state index >= 15 is 0 Å². The minimum absolute atomic E-state index is 0.150. The van der Waals surface area contributed by atoms with Crippen LogP contribution >= 0.6 is 11.6 Å². The van der Waals surface area contributed by atoms with Gasteiger partial charge in [-0.25, -0.2) is 4.68 Å². The second-order valence-corrected chi connectivity index (χ2v) is 5.19. The van der Waals surface area contributed by atoms with Crippen molar-refractivity contribution in [3.63, 3.8) is 0 Å². The third kappa shape index (κ3) is 2.48. The van der Waals surface area contributed by atoms with Gasteiger partial charge in [0.1, 0.15) is 5.69 Å². The number of hydrogen-bond donors (Lipinski definition) is 1. The normalized spacial score (nSPS) is 10.7. The largest absolute Gasteiger partial charge is 0.333 e. The van der Waals surface area contributed by atoms with E-state index in [1.54, 1.807) is 21.5 Å². The van der Waals surface area contributed by atoms with E-state index in [0.717, 1.165) is 11.4 Å². The Morgan fingerprint density at radius 1 is 1.09 bits per heavy atom. The lowest BCUT2D eigenvalue weighted by molar-refractivity contribution is 0.630. The molecule has 0 saturated carbocycles. The van der Waals surface area contributed by atoms with Crippen molar-refractivity contribution in [1.29, 1.82) is 0 Å². The van der Waals surface area contributed by atoms with E-state index in [2.05, 4.69) is 15.5 Å². The minimum atomic E-state index is -0.150.